The molecule has 3 rings (SSSR count). The lowest BCUT2D eigenvalue weighted by Gasteiger charge is -2.31. The Hall–Kier alpha value is -2.28. The van der Waals surface area contributed by atoms with Gasteiger partial charge in [-0.3, -0.25) is 9.59 Å². The molecule has 0 saturated carbocycles. The Kier molecular flexibility index (Phi) is 5.43. The van der Waals surface area contributed by atoms with Gasteiger partial charge >= 0.3 is 0 Å². The first-order valence-electron chi connectivity index (χ1n) is 8.24. The smallest absolute Gasteiger partial charge is 0.253 e. The van der Waals surface area contributed by atoms with Gasteiger partial charge < -0.3 is 14.7 Å². The Balaban J connectivity index is 1.53. The molecule has 132 valence electrons. The lowest BCUT2D eigenvalue weighted by Crippen LogP contribution is -2.41. The van der Waals surface area contributed by atoms with Gasteiger partial charge in [0, 0.05) is 35.5 Å². The van der Waals surface area contributed by atoms with Crippen LogP contribution in [0.1, 0.15) is 29.0 Å². The SMILES string of the molecule is CSc1ccc(C(=O)N2CCC(C(=O)Nc3cc(C)on3)CC2)cc1. The monoisotopic (exact) mass is 359 g/mol. The first-order valence-corrected chi connectivity index (χ1v) is 9.47. The fourth-order valence-corrected chi connectivity index (χ4v) is 3.32. The number of nitrogens with zero attached hydrogens (tertiary/aromatic N) is 2. The van der Waals surface area contributed by atoms with E-state index in [2.05, 4.69) is 10.5 Å². The van der Waals surface area contributed by atoms with Crippen LogP contribution in [0.15, 0.2) is 39.8 Å². The van der Waals surface area contributed by atoms with Crippen LogP contribution in [0.25, 0.3) is 0 Å². The van der Waals surface area contributed by atoms with Gasteiger partial charge in [-0.25, -0.2) is 0 Å². The summed E-state index contributed by atoms with van der Waals surface area (Å²) in [6.07, 6.45) is 3.31. The first kappa shape index (κ1) is 17.5. The van der Waals surface area contributed by atoms with E-state index in [1.165, 1.54) is 0 Å². The highest BCUT2D eigenvalue weighted by molar-refractivity contribution is 7.98. The molecule has 1 aromatic carbocycles. The maximum absolute atomic E-state index is 12.6. The van der Waals surface area contributed by atoms with Crippen LogP contribution in [0, 0.1) is 12.8 Å². The van der Waals surface area contributed by atoms with Crippen molar-refractivity contribution in [3.05, 3.63) is 41.7 Å². The Morgan fingerprint density at radius 1 is 1.24 bits per heavy atom. The maximum Gasteiger partial charge on any atom is 0.253 e. The van der Waals surface area contributed by atoms with Crippen molar-refractivity contribution < 1.29 is 14.1 Å². The number of hydrogen-bond donors (Lipinski definition) is 1. The molecule has 0 unspecified atom stereocenters. The highest BCUT2D eigenvalue weighted by atomic mass is 32.2. The Bertz CT molecular complexity index is 749. The van der Waals surface area contributed by atoms with Gasteiger partial charge in [-0.2, -0.15) is 0 Å². The number of nitrogens with one attached hydrogen (secondary N) is 1. The van der Waals surface area contributed by atoms with Crippen molar-refractivity contribution in [1.82, 2.24) is 10.1 Å². The summed E-state index contributed by atoms with van der Waals surface area (Å²) in [5.74, 6) is 0.946. The van der Waals surface area contributed by atoms with Gasteiger partial charge in [0.05, 0.1) is 0 Å². The highest BCUT2D eigenvalue weighted by Crippen LogP contribution is 2.22. The van der Waals surface area contributed by atoms with Crippen LogP contribution in [0.4, 0.5) is 5.82 Å². The number of aromatic nitrogens is 1. The standard InChI is InChI=1S/C18H21N3O3S/c1-12-11-16(20-24-12)19-17(22)13-7-9-21(10-8-13)18(23)14-3-5-15(25-2)6-4-14/h3-6,11,13H,7-10H2,1-2H3,(H,19,20,22). The van der Waals surface area contributed by atoms with E-state index >= 15 is 0 Å². The van der Waals surface area contributed by atoms with E-state index in [9.17, 15) is 9.59 Å². The molecule has 1 aromatic heterocycles. The predicted molar refractivity (Wildman–Crippen MR) is 96.7 cm³/mol. The van der Waals surface area contributed by atoms with E-state index in [-0.39, 0.29) is 17.7 Å². The number of amides is 2. The van der Waals surface area contributed by atoms with E-state index < -0.39 is 0 Å². The average molecular weight is 359 g/mol. The number of piperidine rings is 1. The second-order valence-corrected chi connectivity index (χ2v) is 6.99. The second kappa shape index (κ2) is 7.74. The Labute approximate surface area is 150 Å². The Morgan fingerprint density at radius 2 is 1.92 bits per heavy atom. The molecule has 0 radical (unpaired) electrons. The van der Waals surface area contributed by atoms with Gasteiger partial charge in [-0.05, 0) is 50.3 Å². The summed E-state index contributed by atoms with van der Waals surface area (Å²) in [4.78, 5) is 27.8. The van der Waals surface area contributed by atoms with Crippen molar-refractivity contribution in [3.63, 3.8) is 0 Å². The summed E-state index contributed by atoms with van der Waals surface area (Å²) in [6.45, 7) is 2.94. The van der Waals surface area contributed by atoms with Gasteiger partial charge in [-0.1, -0.05) is 5.16 Å². The Morgan fingerprint density at radius 3 is 2.48 bits per heavy atom. The minimum atomic E-state index is -0.111. The molecule has 1 aliphatic heterocycles. The van der Waals surface area contributed by atoms with Crippen LogP contribution in [0.5, 0.6) is 0 Å². The lowest BCUT2D eigenvalue weighted by molar-refractivity contribution is -0.121. The summed E-state index contributed by atoms with van der Waals surface area (Å²) >= 11 is 1.65. The predicted octanol–water partition coefficient (Wildman–Crippen LogP) is 3.20. The number of likely N-dealkylation sites (tertiary alicyclic amines) is 1. The summed E-state index contributed by atoms with van der Waals surface area (Å²) in [5, 5.41) is 6.55. The molecule has 6 nitrogen and oxygen atoms in total. The fraction of sp³-hybridized carbons (Fsp3) is 0.389. The molecule has 0 bridgehead atoms. The van der Waals surface area contributed by atoms with Crippen LogP contribution >= 0.6 is 11.8 Å². The van der Waals surface area contributed by atoms with Crippen LogP contribution in [-0.4, -0.2) is 41.2 Å². The van der Waals surface area contributed by atoms with E-state index in [4.69, 9.17) is 4.52 Å². The molecule has 0 spiro atoms. The number of carbonyl (C=O) groups excluding carboxylic acids is 2. The van der Waals surface area contributed by atoms with Gasteiger partial charge in [0.15, 0.2) is 5.82 Å². The fourth-order valence-electron chi connectivity index (χ4n) is 2.91. The zero-order valence-electron chi connectivity index (χ0n) is 14.3. The molecule has 0 atom stereocenters. The van der Waals surface area contributed by atoms with Gasteiger partial charge in [0.2, 0.25) is 5.91 Å². The number of benzene rings is 1. The first-order chi connectivity index (χ1) is 12.1. The molecular formula is C18H21N3O3S. The van der Waals surface area contributed by atoms with Crippen LogP contribution in [-0.2, 0) is 4.79 Å². The zero-order chi connectivity index (χ0) is 17.8. The van der Waals surface area contributed by atoms with Crippen LogP contribution in [0.3, 0.4) is 0 Å². The quantitative estimate of drug-likeness (QED) is 0.849. The van der Waals surface area contributed by atoms with Crippen molar-refractivity contribution in [1.29, 1.82) is 0 Å². The van der Waals surface area contributed by atoms with Crippen molar-refractivity contribution in [3.8, 4) is 0 Å². The largest absolute Gasteiger partial charge is 0.360 e. The van der Waals surface area contributed by atoms with E-state index in [0.717, 1.165) is 4.90 Å². The van der Waals surface area contributed by atoms with Crippen molar-refractivity contribution in [2.24, 2.45) is 5.92 Å². The van der Waals surface area contributed by atoms with Crippen LogP contribution < -0.4 is 5.32 Å². The molecule has 2 aromatic rings. The zero-order valence-corrected chi connectivity index (χ0v) is 15.1. The summed E-state index contributed by atoms with van der Waals surface area (Å²) in [5.41, 5.74) is 0.693. The molecule has 2 heterocycles. The number of anilines is 1. The maximum atomic E-state index is 12.6. The molecule has 1 saturated heterocycles. The van der Waals surface area contributed by atoms with Gasteiger partial charge in [0.1, 0.15) is 5.76 Å². The third kappa shape index (κ3) is 4.22. The highest BCUT2D eigenvalue weighted by Gasteiger charge is 2.28. The molecule has 2 amide bonds. The molecule has 25 heavy (non-hydrogen) atoms. The molecule has 0 aliphatic carbocycles. The minimum Gasteiger partial charge on any atom is -0.360 e. The third-order valence-corrected chi connectivity index (χ3v) is 5.11. The second-order valence-electron chi connectivity index (χ2n) is 6.11. The minimum absolute atomic E-state index is 0.0265. The number of hydrogen-bond acceptors (Lipinski definition) is 5. The molecule has 1 N–H and O–H groups in total. The van der Waals surface area contributed by atoms with Gasteiger partial charge in [0.25, 0.3) is 5.91 Å². The third-order valence-electron chi connectivity index (χ3n) is 4.37. The summed E-state index contributed by atoms with van der Waals surface area (Å²) in [6, 6.07) is 9.32. The molecule has 1 aliphatic rings. The van der Waals surface area contributed by atoms with E-state index in [1.54, 1.807) is 24.8 Å². The number of rotatable bonds is 4. The summed E-state index contributed by atoms with van der Waals surface area (Å²) < 4.78 is 4.95. The number of aryl methyl sites for hydroxylation is 1. The average Bonchev–Trinajstić information content (AvgIpc) is 3.06. The molecule has 1 fully saturated rings. The lowest BCUT2D eigenvalue weighted by atomic mass is 9.95. The number of carbonyl (C=O) groups is 2. The van der Waals surface area contributed by atoms with E-state index in [1.807, 2.05) is 35.4 Å². The van der Waals surface area contributed by atoms with Crippen molar-refractivity contribution in [2.75, 3.05) is 24.7 Å². The normalized spacial score (nSPS) is 15.2. The number of thioether (sulfide) groups is 1. The van der Waals surface area contributed by atoms with Crippen molar-refractivity contribution in [2.45, 2.75) is 24.7 Å². The molecule has 7 heteroatoms. The topological polar surface area (TPSA) is 75.4 Å². The van der Waals surface area contributed by atoms with Crippen LogP contribution in [0.2, 0.25) is 0 Å². The van der Waals surface area contributed by atoms with E-state index in [0.29, 0.717) is 43.1 Å². The van der Waals surface area contributed by atoms with Crippen molar-refractivity contribution >= 4 is 29.4 Å². The summed E-state index contributed by atoms with van der Waals surface area (Å²) in [7, 11) is 0. The molecular weight excluding hydrogens is 338 g/mol. The van der Waals surface area contributed by atoms with Gasteiger partial charge in [-0.15, -0.1) is 11.8 Å².